The van der Waals surface area contributed by atoms with Crippen molar-refractivity contribution in [2.24, 2.45) is 0 Å². The predicted octanol–water partition coefficient (Wildman–Crippen LogP) is 2.30. The van der Waals surface area contributed by atoms with Crippen molar-refractivity contribution in [1.29, 1.82) is 0 Å². The van der Waals surface area contributed by atoms with E-state index in [1.165, 1.54) is 0 Å². The first-order valence-electron chi connectivity index (χ1n) is 5.85. The smallest absolute Gasteiger partial charge is 0.136 e. The van der Waals surface area contributed by atoms with Crippen LogP contribution in [0.4, 0.5) is 5.82 Å². The summed E-state index contributed by atoms with van der Waals surface area (Å²) >= 11 is 6.17. The van der Waals surface area contributed by atoms with Crippen molar-refractivity contribution in [2.75, 3.05) is 31.1 Å². The molecule has 2 aromatic rings. The number of aromatic nitrogens is 1. The van der Waals surface area contributed by atoms with Crippen molar-refractivity contribution in [3.8, 4) is 0 Å². The molecular formula is C13H14ClN3. The molecule has 4 heteroatoms. The van der Waals surface area contributed by atoms with Gasteiger partial charge in [-0.05, 0) is 0 Å². The number of nitrogens with zero attached hydrogens (tertiary/aromatic N) is 2. The van der Waals surface area contributed by atoms with Gasteiger partial charge in [-0.3, -0.25) is 0 Å². The monoisotopic (exact) mass is 247 g/mol. The molecule has 3 rings (SSSR count). The first-order valence-corrected chi connectivity index (χ1v) is 6.23. The lowest BCUT2D eigenvalue weighted by molar-refractivity contribution is 0.586. The van der Waals surface area contributed by atoms with E-state index in [0.29, 0.717) is 0 Å². The van der Waals surface area contributed by atoms with Gasteiger partial charge in [0.05, 0.1) is 5.02 Å². The molecule has 1 saturated heterocycles. The molecule has 1 fully saturated rings. The quantitative estimate of drug-likeness (QED) is 0.838. The van der Waals surface area contributed by atoms with E-state index in [9.17, 15) is 0 Å². The molecule has 0 spiro atoms. The van der Waals surface area contributed by atoms with Gasteiger partial charge >= 0.3 is 0 Å². The zero-order valence-electron chi connectivity index (χ0n) is 9.49. The number of halogens is 1. The van der Waals surface area contributed by atoms with E-state index in [1.807, 2.05) is 18.2 Å². The van der Waals surface area contributed by atoms with Crippen molar-refractivity contribution >= 4 is 28.2 Å². The van der Waals surface area contributed by atoms with Gasteiger partial charge in [-0.2, -0.15) is 0 Å². The van der Waals surface area contributed by atoms with Crippen LogP contribution >= 0.6 is 11.6 Å². The summed E-state index contributed by atoms with van der Waals surface area (Å²) < 4.78 is 0. The molecule has 1 aromatic carbocycles. The van der Waals surface area contributed by atoms with Gasteiger partial charge in [0.1, 0.15) is 5.82 Å². The average Bonchev–Trinajstić information content (AvgIpc) is 2.41. The maximum absolute atomic E-state index is 6.17. The largest absolute Gasteiger partial charge is 0.354 e. The molecule has 1 N–H and O–H groups in total. The second-order valence-electron chi connectivity index (χ2n) is 4.21. The van der Waals surface area contributed by atoms with Gasteiger partial charge in [-0.1, -0.05) is 35.9 Å². The molecule has 0 bridgehead atoms. The normalized spacial score (nSPS) is 16.4. The molecule has 0 amide bonds. The zero-order chi connectivity index (χ0) is 11.7. The first-order chi connectivity index (χ1) is 8.36. The van der Waals surface area contributed by atoms with Crippen LogP contribution in [-0.4, -0.2) is 31.2 Å². The Morgan fingerprint density at radius 3 is 2.59 bits per heavy atom. The van der Waals surface area contributed by atoms with Crippen LogP contribution in [0.25, 0.3) is 10.8 Å². The lowest BCUT2D eigenvalue weighted by Crippen LogP contribution is -2.43. The van der Waals surface area contributed by atoms with Gasteiger partial charge in [0.15, 0.2) is 0 Å². The van der Waals surface area contributed by atoms with Crippen LogP contribution < -0.4 is 10.2 Å². The van der Waals surface area contributed by atoms with Crippen molar-refractivity contribution < 1.29 is 0 Å². The number of hydrogen-bond donors (Lipinski definition) is 1. The van der Waals surface area contributed by atoms with Crippen LogP contribution in [0.5, 0.6) is 0 Å². The molecule has 1 aliphatic heterocycles. The molecule has 3 nitrogen and oxygen atoms in total. The van der Waals surface area contributed by atoms with Crippen molar-refractivity contribution in [3.05, 3.63) is 35.5 Å². The number of rotatable bonds is 1. The van der Waals surface area contributed by atoms with E-state index < -0.39 is 0 Å². The zero-order valence-corrected chi connectivity index (χ0v) is 10.2. The standard InChI is InChI=1S/C13H14ClN3/c14-12-9-16-13(17-7-5-15-6-8-17)11-4-2-1-3-10(11)12/h1-4,9,15H,5-8H2. The third kappa shape index (κ3) is 1.96. The van der Waals surface area contributed by atoms with E-state index in [0.717, 1.165) is 47.8 Å². The number of fused-ring (bicyclic) bond motifs is 1. The summed E-state index contributed by atoms with van der Waals surface area (Å²) in [6, 6.07) is 8.18. The van der Waals surface area contributed by atoms with Crippen LogP contribution in [0.2, 0.25) is 5.02 Å². The van der Waals surface area contributed by atoms with Crippen LogP contribution in [-0.2, 0) is 0 Å². The first kappa shape index (κ1) is 10.8. The number of pyridine rings is 1. The van der Waals surface area contributed by atoms with Crippen LogP contribution in [0.3, 0.4) is 0 Å². The lowest BCUT2D eigenvalue weighted by Gasteiger charge is -2.29. The molecule has 0 aliphatic carbocycles. The molecule has 17 heavy (non-hydrogen) atoms. The number of nitrogens with one attached hydrogen (secondary N) is 1. The van der Waals surface area contributed by atoms with Gasteiger partial charge in [0.25, 0.3) is 0 Å². The van der Waals surface area contributed by atoms with Gasteiger partial charge in [-0.15, -0.1) is 0 Å². The Kier molecular flexibility index (Phi) is 2.87. The van der Waals surface area contributed by atoms with Crippen molar-refractivity contribution in [3.63, 3.8) is 0 Å². The number of anilines is 1. The molecule has 0 radical (unpaired) electrons. The Morgan fingerprint density at radius 2 is 1.82 bits per heavy atom. The summed E-state index contributed by atoms with van der Waals surface area (Å²) in [4.78, 5) is 6.81. The van der Waals surface area contributed by atoms with E-state index in [2.05, 4.69) is 21.3 Å². The van der Waals surface area contributed by atoms with Gasteiger partial charge in [-0.25, -0.2) is 4.98 Å². The third-order valence-electron chi connectivity index (χ3n) is 3.14. The number of hydrogen-bond acceptors (Lipinski definition) is 3. The molecule has 2 heterocycles. The number of benzene rings is 1. The topological polar surface area (TPSA) is 28.2 Å². The summed E-state index contributed by atoms with van der Waals surface area (Å²) in [7, 11) is 0. The highest BCUT2D eigenvalue weighted by Crippen LogP contribution is 2.29. The van der Waals surface area contributed by atoms with E-state index >= 15 is 0 Å². The molecule has 1 aliphatic rings. The minimum Gasteiger partial charge on any atom is -0.354 e. The molecule has 0 unspecified atom stereocenters. The fourth-order valence-electron chi connectivity index (χ4n) is 2.27. The summed E-state index contributed by atoms with van der Waals surface area (Å²) in [5.74, 6) is 1.05. The minimum atomic E-state index is 0.722. The highest BCUT2D eigenvalue weighted by molar-refractivity contribution is 6.35. The SMILES string of the molecule is Clc1cnc(N2CCNCC2)c2ccccc12. The molecule has 0 atom stereocenters. The fraction of sp³-hybridized carbons (Fsp3) is 0.308. The Morgan fingerprint density at radius 1 is 1.12 bits per heavy atom. The Balaban J connectivity index is 2.12. The Hall–Kier alpha value is -1.32. The summed E-state index contributed by atoms with van der Waals surface area (Å²) in [6.45, 7) is 4.02. The van der Waals surface area contributed by atoms with Crippen LogP contribution in [0.1, 0.15) is 0 Å². The molecule has 88 valence electrons. The van der Waals surface area contributed by atoms with E-state index in [4.69, 9.17) is 11.6 Å². The summed E-state index contributed by atoms with van der Waals surface area (Å²) in [6.07, 6.45) is 1.75. The summed E-state index contributed by atoms with van der Waals surface area (Å²) in [5, 5.41) is 6.29. The highest BCUT2D eigenvalue weighted by atomic mass is 35.5. The highest BCUT2D eigenvalue weighted by Gasteiger charge is 2.15. The Bertz CT molecular complexity index is 535. The maximum Gasteiger partial charge on any atom is 0.136 e. The minimum absolute atomic E-state index is 0.722. The Labute approximate surface area is 105 Å². The van der Waals surface area contributed by atoms with Gasteiger partial charge in [0, 0.05) is 43.1 Å². The molecular weight excluding hydrogens is 234 g/mol. The van der Waals surface area contributed by atoms with Crippen molar-refractivity contribution in [2.45, 2.75) is 0 Å². The second-order valence-corrected chi connectivity index (χ2v) is 4.62. The number of piperazine rings is 1. The van der Waals surface area contributed by atoms with E-state index in [-0.39, 0.29) is 0 Å². The molecule has 0 saturated carbocycles. The van der Waals surface area contributed by atoms with Crippen LogP contribution in [0, 0.1) is 0 Å². The maximum atomic E-state index is 6.17. The van der Waals surface area contributed by atoms with Crippen LogP contribution in [0.15, 0.2) is 30.5 Å². The van der Waals surface area contributed by atoms with E-state index in [1.54, 1.807) is 6.20 Å². The van der Waals surface area contributed by atoms with Gasteiger partial charge in [0.2, 0.25) is 0 Å². The predicted molar refractivity (Wildman–Crippen MR) is 71.8 cm³/mol. The van der Waals surface area contributed by atoms with Crippen molar-refractivity contribution in [1.82, 2.24) is 10.3 Å². The average molecular weight is 248 g/mol. The molecule has 1 aromatic heterocycles. The third-order valence-corrected chi connectivity index (χ3v) is 3.44. The summed E-state index contributed by atoms with van der Waals surface area (Å²) in [5.41, 5.74) is 0. The van der Waals surface area contributed by atoms with Gasteiger partial charge < -0.3 is 10.2 Å². The lowest BCUT2D eigenvalue weighted by atomic mass is 10.1. The second kappa shape index (κ2) is 4.51. The fourth-order valence-corrected chi connectivity index (χ4v) is 2.49.